The zero-order chi connectivity index (χ0) is 16.0. The Hall–Kier alpha value is -2.40. The molecule has 2 aromatic carbocycles. The van der Waals surface area contributed by atoms with Crippen LogP contribution in [0.1, 0.15) is 11.1 Å². The highest BCUT2D eigenvalue weighted by Crippen LogP contribution is 2.38. The monoisotopic (exact) mass is 371 g/mol. The summed E-state index contributed by atoms with van der Waals surface area (Å²) in [6.07, 6.45) is 1.87. The van der Waals surface area contributed by atoms with Gasteiger partial charge in [-0.25, -0.2) is 4.39 Å². The summed E-state index contributed by atoms with van der Waals surface area (Å²) in [5, 5.41) is 2.67. The Bertz CT molecular complexity index is 884. The summed E-state index contributed by atoms with van der Waals surface area (Å²) in [7, 11) is 0. The maximum Gasteiger partial charge on any atom is 0.260 e. The van der Waals surface area contributed by atoms with Gasteiger partial charge in [-0.2, -0.15) is 0 Å². The summed E-state index contributed by atoms with van der Waals surface area (Å²) < 4.78 is 20.0. The van der Waals surface area contributed by atoms with Gasteiger partial charge in [-0.15, -0.1) is 0 Å². The minimum atomic E-state index is -0.381. The van der Waals surface area contributed by atoms with Crippen LogP contribution in [0.3, 0.4) is 0 Å². The van der Waals surface area contributed by atoms with Crippen molar-refractivity contribution in [3.05, 3.63) is 75.7 Å². The molecule has 5 heteroatoms. The minimum absolute atomic E-state index is 0.270. The van der Waals surface area contributed by atoms with E-state index in [0.29, 0.717) is 29.2 Å². The fourth-order valence-electron chi connectivity index (χ4n) is 2.76. The van der Waals surface area contributed by atoms with Gasteiger partial charge in [0.2, 0.25) is 0 Å². The number of halogens is 2. The number of fused-ring (bicyclic) bond motifs is 1. The lowest BCUT2D eigenvalue weighted by molar-refractivity contribution is -0.110. The molecule has 0 spiro atoms. The number of amides is 1. The summed E-state index contributed by atoms with van der Waals surface area (Å²) in [6.45, 7) is 0.407. The van der Waals surface area contributed by atoms with Crippen LogP contribution in [0, 0.1) is 5.82 Å². The van der Waals surface area contributed by atoms with Crippen LogP contribution in [0.15, 0.2) is 58.8 Å². The fourth-order valence-corrected chi connectivity index (χ4v) is 3.03. The van der Waals surface area contributed by atoms with Gasteiger partial charge in [-0.05, 0) is 42.0 Å². The van der Waals surface area contributed by atoms with Crippen LogP contribution in [0.4, 0.5) is 10.1 Å². The third kappa shape index (κ3) is 2.47. The molecular formula is C18H11BrFNO2. The fraction of sp³-hybridized carbons (Fsp3) is 0.0556. The van der Waals surface area contributed by atoms with E-state index < -0.39 is 0 Å². The van der Waals surface area contributed by atoms with E-state index in [1.54, 1.807) is 6.07 Å². The second kappa shape index (κ2) is 5.35. The number of carbonyl (C=O) groups excluding carboxylic acids is 1. The first-order valence-corrected chi connectivity index (χ1v) is 7.86. The average molecular weight is 372 g/mol. The van der Waals surface area contributed by atoms with Crippen LogP contribution in [-0.2, 0) is 9.53 Å². The SMILES string of the molecule is O=C1Nc2cc(F)ccc2/C1=C1/C=C(c2ccc(Br)cc2)CO1. The van der Waals surface area contributed by atoms with Crippen molar-refractivity contribution in [2.75, 3.05) is 11.9 Å². The van der Waals surface area contributed by atoms with Crippen LogP contribution in [-0.4, -0.2) is 12.5 Å². The molecule has 2 aliphatic heterocycles. The molecule has 0 aromatic heterocycles. The summed E-state index contributed by atoms with van der Waals surface area (Å²) in [5.41, 5.74) is 3.64. The van der Waals surface area contributed by atoms with Gasteiger partial charge in [-0.1, -0.05) is 28.1 Å². The lowest BCUT2D eigenvalue weighted by Gasteiger charge is -2.03. The smallest absolute Gasteiger partial charge is 0.260 e. The zero-order valence-electron chi connectivity index (χ0n) is 11.9. The van der Waals surface area contributed by atoms with E-state index in [9.17, 15) is 9.18 Å². The Morgan fingerprint density at radius 2 is 1.91 bits per heavy atom. The van der Waals surface area contributed by atoms with E-state index in [1.165, 1.54) is 12.1 Å². The van der Waals surface area contributed by atoms with E-state index in [-0.39, 0.29) is 11.7 Å². The maximum absolute atomic E-state index is 13.3. The zero-order valence-corrected chi connectivity index (χ0v) is 13.5. The molecule has 4 rings (SSSR count). The molecular weight excluding hydrogens is 361 g/mol. The van der Waals surface area contributed by atoms with Gasteiger partial charge in [0.15, 0.2) is 0 Å². The van der Waals surface area contributed by atoms with Crippen molar-refractivity contribution in [3.8, 4) is 0 Å². The summed E-state index contributed by atoms with van der Waals surface area (Å²) in [5.74, 6) is -0.131. The molecule has 3 nitrogen and oxygen atoms in total. The number of carbonyl (C=O) groups is 1. The van der Waals surface area contributed by atoms with Crippen molar-refractivity contribution < 1.29 is 13.9 Å². The predicted molar refractivity (Wildman–Crippen MR) is 90.0 cm³/mol. The molecule has 1 amide bonds. The Morgan fingerprint density at radius 3 is 2.70 bits per heavy atom. The third-order valence-corrected chi connectivity index (χ3v) is 4.40. The molecule has 0 saturated heterocycles. The van der Waals surface area contributed by atoms with E-state index >= 15 is 0 Å². The number of allylic oxidation sites excluding steroid dienone is 1. The predicted octanol–water partition coefficient (Wildman–Crippen LogP) is 4.37. The van der Waals surface area contributed by atoms with E-state index in [2.05, 4.69) is 21.2 Å². The maximum atomic E-state index is 13.3. The highest BCUT2D eigenvalue weighted by atomic mass is 79.9. The van der Waals surface area contributed by atoms with Gasteiger partial charge in [0.05, 0.1) is 11.3 Å². The number of benzene rings is 2. The number of nitrogens with one attached hydrogen (secondary N) is 1. The second-order valence-electron chi connectivity index (χ2n) is 5.35. The Kier molecular flexibility index (Phi) is 3.31. The van der Waals surface area contributed by atoms with Gasteiger partial charge < -0.3 is 10.1 Å². The molecule has 23 heavy (non-hydrogen) atoms. The van der Waals surface area contributed by atoms with Crippen LogP contribution >= 0.6 is 15.9 Å². The Labute approximate surface area is 140 Å². The van der Waals surface area contributed by atoms with Crippen molar-refractivity contribution in [1.82, 2.24) is 0 Å². The van der Waals surface area contributed by atoms with Gasteiger partial charge in [0.25, 0.3) is 5.91 Å². The largest absolute Gasteiger partial charge is 0.488 e. The van der Waals surface area contributed by atoms with E-state index in [1.807, 2.05) is 30.3 Å². The molecule has 0 fully saturated rings. The minimum Gasteiger partial charge on any atom is -0.488 e. The Morgan fingerprint density at radius 1 is 1.13 bits per heavy atom. The lowest BCUT2D eigenvalue weighted by Crippen LogP contribution is -2.05. The normalized spacial score (nSPS) is 19.2. The summed E-state index contributed by atoms with van der Waals surface area (Å²) in [4.78, 5) is 12.2. The molecule has 0 saturated carbocycles. The lowest BCUT2D eigenvalue weighted by atomic mass is 10.0. The van der Waals surface area contributed by atoms with Crippen LogP contribution in [0.5, 0.6) is 0 Å². The summed E-state index contributed by atoms with van der Waals surface area (Å²) >= 11 is 3.41. The number of rotatable bonds is 1. The molecule has 0 aliphatic carbocycles. The van der Waals surface area contributed by atoms with Crippen molar-refractivity contribution >= 4 is 38.7 Å². The first kappa shape index (κ1) is 14.2. The second-order valence-corrected chi connectivity index (χ2v) is 6.26. The Balaban J connectivity index is 1.78. The summed E-state index contributed by atoms with van der Waals surface area (Å²) in [6, 6.07) is 12.2. The van der Waals surface area contributed by atoms with E-state index in [0.717, 1.165) is 15.6 Å². The van der Waals surface area contributed by atoms with Crippen molar-refractivity contribution in [1.29, 1.82) is 0 Å². The average Bonchev–Trinajstić information content (AvgIpc) is 3.11. The molecule has 2 heterocycles. The number of anilines is 1. The van der Waals surface area contributed by atoms with Gasteiger partial charge in [0, 0.05) is 15.6 Å². The topological polar surface area (TPSA) is 38.3 Å². The molecule has 2 aromatic rings. The van der Waals surface area contributed by atoms with Crippen LogP contribution in [0.2, 0.25) is 0 Å². The van der Waals surface area contributed by atoms with Gasteiger partial charge in [-0.3, -0.25) is 4.79 Å². The molecule has 0 bridgehead atoms. The standard InChI is InChI=1S/C18H11BrFNO2/c19-12-3-1-10(2-4-12)11-7-16(23-9-11)17-14-6-5-13(20)8-15(14)21-18(17)22/h1-8H,9H2,(H,21,22)/b17-16+. The van der Waals surface area contributed by atoms with Gasteiger partial charge in [0.1, 0.15) is 18.2 Å². The van der Waals surface area contributed by atoms with Crippen molar-refractivity contribution in [2.45, 2.75) is 0 Å². The molecule has 0 unspecified atom stereocenters. The third-order valence-electron chi connectivity index (χ3n) is 3.88. The molecule has 114 valence electrons. The van der Waals surface area contributed by atoms with Crippen LogP contribution < -0.4 is 5.32 Å². The highest BCUT2D eigenvalue weighted by molar-refractivity contribution is 9.10. The van der Waals surface area contributed by atoms with Crippen LogP contribution in [0.25, 0.3) is 11.1 Å². The number of hydrogen-bond donors (Lipinski definition) is 1. The number of hydrogen-bond acceptors (Lipinski definition) is 2. The van der Waals surface area contributed by atoms with Crippen molar-refractivity contribution in [2.24, 2.45) is 0 Å². The van der Waals surface area contributed by atoms with Gasteiger partial charge >= 0.3 is 0 Å². The first-order valence-electron chi connectivity index (χ1n) is 7.07. The molecule has 1 N–H and O–H groups in total. The van der Waals surface area contributed by atoms with Crippen molar-refractivity contribution in [3.63, 3.8) is 0 Å². The quantitative estimate of drug-likeness (QED) is 0.756. The molecule has 2 aliphatic rings. The first-order chi connectivity index (χ1) is 11.1. The molecule has 0 radical (unpaired) electrons. The molecule has 0 atom stereocenters. The van der Waals surface area contributed by atoms with E-state index in [4.69, 9.17) is 4.74 Å². The highest BCUT2D eigenvalue weighted by Gasteiger charge is 2.30. The number of ether oxygens (including phenoxy) is 1.